The average molecular weight is 191 g/mol. The molecule has 0 heterocycles. The molecule has 0 amide bonds. The standard InChI is InChI=1S/C7H13NO3S/c1-4(7(10)11)2-6(9)5(8)3-12/h4-5,12H,2-3,8H2,1H3,(H,10,11). The molecule has 5 heteroatoms. The van der Waals surface area contributed by atoms with Gasteiger partial charge in [0.25, 0.3) is 0 Å². The summed E-state index contributed by atoms with van der Waals surface area (Å²) in [6, 6.07) is -0.643. The number of aliphatic carboxylic acids is 1. The SMILES string of the molecule is CC(CC(=O)C(N)CS)C(=O)O. The topological polar surface area (TPSA) is 80.4 Å². The van der Waals surface area contributed by atoms with Crippen molar-refractivity contribution >= 4 is 24.4 Å². The van der Waals surface area contributed by atoms with Crippen LogP contribution in [0.2, 0.25) is 0 Å². The summed E-state index contributed by atoms with van der Waals surface area (Å²) in [5.74, 6) is -1.64. The Labute approximate surface area is 76.5 Å². The number of carboxylic acid groups (broad SMARTS) is 1. The molecule has 0 rings (SSSR count). The molecule has 0 aliphatic heterocycles. The molecule has 0 aromatic heterocycles. The highest BCUT2D eigenvalue weighted by Crippen LogP contribution is 2.04. The fraction of sp³-hybridized carbons (Fsp3) is 0.714. The van der Waals surface area contributed by atoms with E-state index in [0.29, 0.717) is 0 Å². The normalized spacial score (nSPS) is 15.2. The zero-order chi connectivity index (χ0) is 9.72. The first-order valence-corrected chi connectivity index (χ1v) is 4.24. The Hall–Kier alpha value is -0.550. The van der Waals surface area contributed by atoms with Gasteiger partial charge in [-0.15, -0.1) is 0 Å². The molecular formula is C7H13NO3S. The molecule has 2 atom stereocenters. The Morgan fingerprint density at radius 2 is 2.08 bits per heavy atom. The summed E-state index contributed by atoms with van der Waals surface area (Å²) in [7, 11) is 0. The number of hydrogen-bond donors (Lipinski definition) is 3. The molecule has 0 bridgehead atoms. The summed E-state index contributed by atoms with van der Waals surface area (Å²) < 4.78 is 0. The van der Waals surface area contributed by atoms with Crippen LogP contribution in [0.3, 0.4) is 0 Å². The van der Waals surface area contributed by atoms with Crippen molar-refractivity contribution in [1.82, 2.24) is 0 Å². The van der Waals surface area contributed by atoms with E-state index in [9.17, 15) is 9.59 Å². The molecule has 0 aliphatic carbocycles. The maximum Gasteiger partial charge on any atom is 0.306 e. The average Bonchev–Trinajstić information content (AvgIpc) is 2.02. The van der Waals surface area contributed by atoms with Gasteiger partial charge in [0.2, 0.25) is 0 Å². The second-order valence-electron chi connectivity index (χ2n) is 2.70. The lowest BCUT2D eigenvalue weighted by Gasteiger charge is -2.09. The molecule has 12 heavy (non-hydrogen) atoms. The molecule has 0 spiro atoms. The van der Waals surface area contributed by atoms with E-state index in [4.69, 9.17) is 10.8 Å². The third-order valence-electron chi connectivity index (χ3n) is 1.54. The van der Waals surface area contributed by atoms with Crippen LogP contribution in [0.5, 0.6) is 0 Å². The van der Waals surface area contributed by atoms with Crippen LogP contribution >= 0.6 is 12.6 Å². The van der Waals surface area contributed by atoms with Gasteiger partial charge >= 0.3 is 5.97 Å². The molecule has 0 aromatic rings. The molecule has 0 radical (unpaired) electrons. The summed E-state index contributed by atoms with van der Waals surface area (Å²) >= 11 is 3.84. The molecule has 0 aliphatic rings. The van der Waals surface area contributed by atoms with Gasteiger partial charge in [0, 0.05) is 12.2 Å². The molecule has 0 saturated heterocycles. The van der Waals surface area contributed by atoms with Gasteiger partial charge in [-0.05, 0) is 0 Å². The third-order valence-corrected chi connectivity index (χ3v) is 1.93. The van der Waals surface area contributed by atoms with Crippen LogP contribution in [0.4, 0.5) is 0 Å². The van der Waals surface area contributed by atoms with Crippen LogP contribution in [-0.4, -0.2) is 28.7 Å². The number of ketones is 1. The second kappa shape index (κ2) is 5.16. The van der Waals surface area contributed by atoms with Crippen LogP contribution in [0.1, 0.15) is 13.3 Å². The number of nitrogens with two attached hydrogens (primary N) is 1. The summed E-state index contributed by atoms with van der Waals surface area (Å²) in [5.41, 5.74) is 5.35. The van der Waals surface area contributed by atoms with E-state index in [1.165, 1.54) is 6.92 Å². The van der Waals surface area contributed by atoms with Crippen LogP contribution in [0.15, 0.2) is 0 Å². The predicted molar refractivity (Wildman–Crippen MR) is 48.3 cm³/mol. The molecule has 4 nitrogen and oxygen atoms in total. The third kappa shape index (κ3) is 3.73. The summed E-state index contributed by atoms with van der Waals surface area (Å²) in [6.07, 6.45) is -0.0168. The highest BCUT2D eigenvalue weighted by atomic mass is 32.1. The number of carbonyl (C=O) groups excluding carboxylic acids is 1. The van der Waals surface area contributed by atoms with E-state index in [2.05, 4.69) is 12.6 Å². The number of thiol groups is 1. The van der Waals surface area contributed by atoms with Gasteiger partial charge in [-0.25, -0.2) is 0 Å². The fourth-order valence-electron chi connectivity index (χ4n) is 0.642. The van der Waals surface area contributed by atoms with Gasteiger partial charge in [-0.1, -0.05) is 6.92 Å². The van der Waals surface area contributed by atoms with Gasteiger partial charge in [0.05, 0.1) is 12.0 Å². The van der Waals surface area contributed by atoms with Crippen LogP contribution < -0.4 is 5.73 Å². The Morgan fingerprint density at radius 3 is 2.42 bits per heavy atom. The Kier molecular flexibility index (Phi) is 4.92. The van der Waals surface area contributed by atoms with E-state index in [1.807, 2.05) is 0 Å². The van der Waals surface area contributed by atoms with Gasteiger partial charge in [0.1, 0.15) is 0 Å². The van der Waals surface area contributed by atoms with Crippen molar-refractivity contribution in [1.29, 1.82) is 0 Å². The van der Waals surface area contributed by atoms with Gasteiger partial charge in [-0.2, -0.15) is 12.6 Å². The number of rotatable bonds is 5. The molecule has 3 N–H and O–H groups in total. The number of carboxylic acids is 1. The highest BCUT2D eigenvalue weighted by Gasteiger charge is 2.19. The molecule has 0 aromatic carbocycles. The van der Waals surface area contributed by atoms with E-state index in [-0.39, 0.29) is 18.0 Å². The van der Waals surface area contributed by atoms with Crippen molar-refractivity contribution in [2.24, 2.45) is 11.7 Å². The zero-order valence-corrected chi connectivity index (χ0v) is 7.75. The first kappa shape index (κ1) is 11.4. The Bertz CT molecular complexity index is 183. The predicted octanol–water partition coefficient (Wildman–Crippen LogP) is -0.0766. The summed E-state index contributed by atoms with van der Waals surface area (Å²) in [6.45, 7) is 1.48. The van der Waals surface area contributed by atoms with Crippen molar-refractivity contribution in [2.75, 3.05) is 5.75 Å². The Balaban J connectivity index is 3.92. The lowest BCUT2D eigenvalue weighted by molar-refractivity contribution is -0.143. The first-order chi connectivity index (χ1) is 5.49. The fourth-order valence-corrected chi connectivity index (χ4v) is 0.846. The minimum absolute atomic E-state index is 0.0168. The molecule has 70 valence electrons. The zero-order valence-electron chi connectivity index (χ0n) is 6.86. The van der Waals surface area contributed by atoms with Crippen molar-refractivity contribution in [3.05, 3.63) is 0 Å². The monoisotopic (exact) mass is 191 g/mol. The first-order valence-electron chi connectivity index (χ1n) is 3.61. The highest BCUT2D eigenvalue weighted by molar-refractivity contribution is 7.80. The van der Waals surface area contributed by atoms with Crippen LogP contribution in [-0.2, 0) is 9.59 Å². The van der Waals surface area contributed by atoms with Crippen LogP contribution in [0, 0.1) is 5.92 Å². The van der Waals surface area contributed by atoms with Crippen molar-refractivity contribution in [2.45, 2.75) is 19.4 Å². The maximum absolute atomic E-state index is 11.1. The van der Waals surface area contributed by atoms with Crippen molar-refractivity contribution < 1.29 is 14.7 Å². The van der Waals surface area contributed by atoms with Gasteiger partial charge in [0.15, 0.2) is 5.78 Å². The van der Waals surface area contributed by atoms with Crippen molar-refractivity contribution in [3.8, 4) is 0 Å². The summed E-state index contributed by atoms with van der Waals surface area (Å²) in [4.78, 5) is 21.4. The number of hydrogen-bond acceptors (Lipinski definition) is 4. The van der Waals surface area contributed by atoms with E-state index < -0.39 is 17.9 Å². The largest absolute Gasteiger partial charge is 0.481 e. The molecule has 0 fully saturated rings. The van der Waals surface area contributed by atoms with E-state index in [1.54, 1.807) is 0 Å². The minimum atomic E-state index is -0.977. The van der Waals surface area contributed by atoms with Crippen LogP contribution in [0.25, 0.3) is 0 Å². The Morgan fingerprint density at radius 1 is 1.58 bits per heavy atom. The maximum atomic E-state index is 11.1. The number of carbonyl (C=O) groups is 2. The van der Waals surface area contributed by atoms with Crippen molar-refractivity contribution in [3.63, 3.8) is 0 Å². The second-order valence-corrected chi connectivity index (χ2v) is 3.06. The summed E-state index contributed by atoms with van der Waals surface area (Å²) in [5, 5.41) is 8.47. The van der Waals surface area contributed by atoms with E-state index in [0.717, 1.165) is 0 Å². The minimum Gasteiger partial charge on any atom is -0.481 e. The number of Topliss-reactive ketones (excluding diaryl/α,β-unsaturated/α-hetero) is 1. The molecule has 2 unspecified atom stereocenters. The van der Waals surface area contributed by atoms with Gasteiger partial charge < -0.3 is 10.8 Å². The molecule has 0 saturated carbocycles. The molecular weight excluding hydrogens is 178 g/mol. The van der Waals surface area contributed by atoms with Gasteiger partial charge in [-0.3, -0.25) is 9.59 Å². The lowest BCUT2D eigenvalue weighted by atomic mass is 10.0. The van der Waals surface area contributed by atoms with E-state index >= 15 is 0 Å². The smallest absolute Gasteiger partial charge is 0.306 e. The quantitative estimate of drug-likeness (QED) is 0.531. The lowest BCUT2D eigenvalue weighted by Crippen LogP contribution is -2.34.